The van der Waals surface area contributed by atoms with Gasteiger partial charge in [0, 0.05) is 49.8 Å². The largest absolute Gasteiger partial charge is 0.394 e. The molecule has 2 heterocycles. The van der Waals surface area contributed by atoms with Gasteiger partial charge in [-0.25, -0.2) is 18.4 Å². The Morgan fingerprint density at radius 3 is 2.61 bits per heavy atom. The zero-order valence-electron chi connectivity index (χ0n) is 19.3. The third-order valence-electron chi connectivity index (χ3n) is 6.93. The summed E-state index contributed by atoms with van der Waals surface area (Å²) in [5, 5.41) is 20.5. The van der Waals surface area contributed by atoms with Crippen LogP contribution in [0.25, 0.3) is 0 Å². The van der Waals surface area contributed by atoms with E-state index in [1.165, 1.54) is 23.4 Å². The van der Waals surface area contributed by atoms with Crippen LogP contribution in [-0.4, -0.2) is 81.8 Å². The van der Waals surface area contributed by atoms with Crippen LogP contribution in [0, 0.1) is 17.0 Å². The van der Waals surface area contributed by atoms with Gasteiger partial charge in [-0.2, -0.15) is 5.10 Å². The van der Waals surface area contributed by atoms with Crippen LogP contribution in [0.5, 0.6) is 0 Å². The number of hydrogen-bond acceptors (Lipinski definition) is 7. The number of rotatable bonds is 10. The Labute approximate surface area is 192 Å². The molecular formula is C23H32F2N6O2. The molecule has 0 bridgehead atoms. The highest BCUT2D eigenvalue weighted by Crippen LogP contribution is 2.61. The molecule has 1 aromatic heterocycles. The Balaban J connectivity index is 1.55. The lowest BCUT2D eigenvalue weighted by Crippen LogP contribution is -2.46. The van der Waals surface area contributed by atoms with E-state index in [-0.39, 0.29) is 12.1 Å². The van der Waals surface area contributed by atoms with Crippen molar-refractivity contribution in [3.8, 4) is 0 Å². The van der Waals surface area contributed by atoms with Gasteiger partial charge in [-0.05, 0) is 32.4 Å². The molecule has 1 unspecified atom stereocenters. The molecule has 1 N–H and O–H groups in total. The van der Waals surface area contributed by atoms with E-state index in [9.17, 15) is 13.9 Å². The minimum atomic E-state index is -1.69. The predicted molar refractivity (Wildman–Crippen MR) is 120 cm³/mol. The number of halogens is 2. The van der Waals surface area contributed by atoms with E-state index in [4.69, 9.17) is 4.84 Å². The van der Waals surface area contributed by atoms with Gasteiger partial charge in [0.25, 0.3) is 0 Å². The van der Waals surface area contributed by atoms with E-state index in [0.29, 0.717) is 31.6 Å². The Bertz CT molecular complexity index is 958. The molecule has 1 saturated heterocycles. The third-order valence-corrected chi connectivity index (χ3v) is 6.93. The number of aliphatic hydroxyl groups is 1. The summed E-state index contributed by atoms with van der Waals surface area (Å²) >= 11 is 0. The molecule has 0 radical (unpaired) electrons. The first kappa shape index (κ1) is 23.7. The molecule has 10 heteroatoms. The average molecular weight is 463 g/mol. The summed E-state index contributed by atoms with van der Waals surface area (Å²) in [4.78, 5) is 14.3. The molecule has 1 aromatic carbocycles. The molecule has 1 aliphatic heterocycles. The van der Waals surface area contributed by atoms with Crippen LogP contribution in [-0.2, 0) is 17.0 Å². The monoisotopic (exact) mass is 462 g/mol. The lowest BCUT2D eigenvalue weighted by atomic mass is 9.74. The van der Waals surface area contributed by atoms with Crippen molar-refractivity contribution in [2.24, 2.45) is 10.6 Å². The van der Waals surface area contributed by atoms with Crippen molar-refractivity contribution in [2.45, 2.75) is 38.3 Å². The molecule has 8 nitrogen and oxygen atoms in total. The number of piperazine rings is 1. The lowest BCUT2D eigenvalue weighted by Gasteiger charge is -2.37. The van der Waals surface area contributed by atoms with Crippen LogP contribution >= 0.6 is 0 Å². The maximum atomic E-state index is 14.9. The molecule has 0 amide bonds. The Kier molecular flexibility index (Phi) is 7.06. The maximum absolute atomic E-state index is 14.9. The zero-order chi connectivity index (χ0) is 23.5. The summed E-state index contributed by atoms with van der Waals surface area (Å²) < 4.78 is 30.0. The SMILES string of the molecule is CC/C(=N\OCCN1CCN(C)CC1)C1(C(O)(Cn2cncn2)c2ccc(F)cc2F)CC1. The molecule has 33 heavy (non-hydrogen) atoms. The van der Waals surface area contributed by atoms with Gasteiger partial charge >= 0.3 is 0 Å². The number of hydrogen-bond donors (Lipinski definition) is 1. The van der Waals surface area contributed by atoms with Gasteiger partial charge in [-0.1, -0.05) is 18.1 Å². The van der Waals surface area contributed by atoms with Crippen molar-refractivity contribution < 1.29 is 18.7 Å². The van der Waals surface area contributed by atoms with Gasteiger partial charge in [-0.15, -0.1) is 0 Å². The smallest absolute Gasteiger partial charge is 0.137 e. The van der Waals surface area contributed by atoms with Crippen molar-refractivity contribution in [3.05, 3.63) is 48.1 Å². The van der Waals surface area contributed by atoms with E-state index in [1.54, 1.807) is 0 Å². The number of nitrogens with zero attached hydrogens (tertiary/aromatic N) is 6. The van der Waals surface area contributed by atoms with Crippen LogP contribution in [0.2, 0.25) is 0 Å². The topological polar surface area (TPSA) is 79.0 Å². The first-order valence-corrected chi connectivity index (χ1v) is 11.5. The second-order valence-electron chi connectivity index (χ2n) is 9.03. The molecule has 1 saturated carbocycles. The number of aromatic nitrogens is 3. The highest BCUT2D eigenvalue weighted by Gasteiger charge is 2.63. The highest BCUT2D eigenvalue weighted by molar-refractivity contribution is 5.93. The van der Waals surface area contributed by atoms with Crippen LogP contribution in [0.1, 0.15) is 31.7 Å². The van der Waals surface area contributed by atoms with Crippen molar-refractivity contribution in [1.29, 1.82) is 0 Å². The molecule has 2 fully saturated rings. The van der Waals surface area contributed by atoms with Gasteiger partial charge in [-0.3, -0.25) is 4.90 Å². The molecule has 2 aromatic rings. The van der Waals surface area contributed by atoms with E-state index >= 15 is 0 Å². The molecule has 180 valence electrons. The molecule has 1 atom stereocenters. The summed E-state index contributed by atoms with van der Waals surface area (Å²) in [6, 6.07) is 3.27. The normalized spacial score (nSPS) is 21.1. The second kappa shape index (κ2) is 9.82. The van der Waals surface area contributed by atoms with Gasteiger partial charge in [0.15, 0.2) is 0 Å². The van der Waals surface area contributed by atoms with Crippen LogP contribution in [0.4, 0.5) is 8.78 Å². The quantitative estimate of drug-likeness (QED) is 0.332. The van der Waals surface area contributed by atoms with Crippen molar-refractivity contribution in [1.82, 2.24) is 24.6 Å². The molecule has 0 spiro atoms. The van der Waals surface area contributed by atoms with E-state index in [0.717, 1.165) is 44.9 Å². The van der Waals surface area contributed by atoms with Gasteiger partial charge in [0.1, 0.15) is 36.5 Å². The zero-order valence-corrected chi connectivity index (χ0v) is 19.3. The number of likely N-dealkylation sites (N-methyl/N-ethyl adjacent to an activating group) is 1. The van der Waals surface area contributed by atoms with Crippen molar-refractivity contribution in [2.75, 3.05) is 46.4 Å². The molecular weight excluding hydrogens is 430 g/mol. The Hall–Kier alpha value is -2.43. The average Bonchev–Trinajstić information content (AvgIpc) is 3.45. The van der Waals surface area contributed by atoms with E-state index in [2.05, 4.69) is 32.1 Å². The summed E-state index contributed by atoms with van der Waals surface area (Å²) in [7, 11) is 2.12. The fourth-order valence-electron chi connectivity index (χ4n) is 4.79. The highest BCUT2D eigenvalue weighted by atomic mass is 19.1. The second-order valence-corrected chi connectivity index (χ2v) is 9.03. The Morgan fingerprint density at radius 2 is 2.00 bits per heavy atom. The fourth-order valence-corrected chi connectivity index (χ4v) is 4.79. The van der Waals surface area contributed by atoms with Crippen molar-refractivity contribution in [3.63, 3.8) is 0 Å². The maximum Gasteiger partial charge on any atom is 0.137 e. The van der Waals surface area contributed by atoms with Gasteiger partial charge in [0.2, 0.25) is 0 Å². The predicted octanol–water partition coefficient (Wildman–Crippen LogP) is 2.25. The lowest BCUT2D eigenvalue weighted by molar-refractivity contribution is -0.0350. The summed E-state index contributed by atoms with van der Waals surface area (Å²) in [6.07, 6.45) is 4.60. The first-order chi connectivity index (χ1) is 15.9. The van der Waals surface area contributed by atoms with Crippen LogP contribution < -0.4 is 0 Å². The van der Waals surface area contributed by atoms with Gasteiger partial charge in [0.05, 0.1) is 12.3 Å². The first-order valence-electron chi connectivity index (χ1n) is 11.5. The number of oxime groups is 1. The number of benzene rings is 1. The summed E-state index contributed by atoms with van der Waals surface area (Å²) in [5.74, 6) is -1.49. The molecule has 1 aliphatic carbocycles. The van der Waals surface area contributed by atoms with E-state index < -0.39 is 22.7 Å². The standard InChI is InChI=1S/C23H32F2N6O2/c1-3-21(28-33-13-12-30-10-8-29(2)9-11-30)22(6-7-22)23(32,15-31-17-26-16-27-31)19-5-4-18(24)14-20(19)25/h4-5,14,16-17,32H,3,6-13,15H2,1-2H3/b28-21+. The van der Waals surface area contributed by atoms with Crippen molar-refractivity contribution >= 4 is 5.71 Å². The summed E-state index contributed by atoms with van der Waals surface area (Å²) in [6.45, 7) is 7.18. The van der Waals surface area contributed by atoms with Crippen LogP contribution in [0.3, 0.4) is 0 Å². The third kappa shape index (κ3) is 4.92. The van der Waals surface area contributed by atoms with Crippen LogP contribution in [0.15, 0.2) is 36.0 Å². The molecule has 2 aliphatic rings. The van der Waals surface area contributed by atoms with Gasteiger partial charge < -0.3 is 14.8 Å². The minimum Gasteiger partial charge on any atom is -0.394 e. The minimum absolute atomic E-state index is 0.0236. The fraction of sp³-hybridized carbons (Fsp3) is 0.609. The molecule has 4 rings (SSSR count). The summed E-state index contributed by atoms with van der Waals surface area (Å²) in [5.41, 5.74) is -1.81. The van der Waals surface area contributed by atoms with E-state index in [1.807, 2.05) is 6.92 Å². The Morgan fingerprint density at radius 1 is 1.24 bits per heavy atom.